The largest absolute Gasteiger partial charge is 0.417 e. The summed E-state index contributed by atoms with van der Waals surface area (Å²) in [5.41, 5.74) is 2.77. The first-order valence-electron chi connectivity index (χ1n) is 4.99. The summed E-state index contributed by atoms with van der Waals surface area (Å²) in [5, 5.41) is 0. The van der Waals surface area contributed by atoms with Crippen LogP contribution in [-0.4, -0.2) is 8.07 Å². The van der Waals surface area contributed by atoms with Gasteiger partial charge in [0.2, 0.25) is 0 Å². The number of hydrogen-bond acceptors (Lipinski definition) is 0. The molecule has 0 aromatic heterocycles. The molecule has 0 saturated carbocycles. The van der Waals surface area contributed by atoms with Crippen molar-refractivity contribution in [2.24, 2.45) is 0 Å². The maximum Gasteiger partial charge on any atom is 0.417 e. The van der Waals surface area contributed by atoms with E-state index in [-0.39, 0.29) is 4.47 Å². The Morgan fingerprint density at radius 2 is 1.76 bits per heavy atom. The van der Waals surface area contributed by atoms with Gasteiger partial charge < -0.3 is 0 Å². The molecule has 0 atom stereocenters. The van der Waals surface area contributed by atoms with E-state index in [4.69, 9.17) is 0 Å². The third kappa shape index (κ3) is 4.56. The van der Waals surface area contributed by atoms with Crippen LogP contribution in [0.3, 0.4) is 0 Å². The van der Waals surface area contributed by atoms with Crippen molar-refractivity contribution in [3.8, 4) is 11.5 Å². The molecule has 0 unspecified atom stereocenters. The van der Waals surface area contributed by atoms with E-state index in [1.165, 1.54) is 6.07 Å². The molecular weight excluding hydrogens is 309 g/mol. The minimum Gasteiger partial charge on any atom is -0.166 e. The van der Waals surface area contributed by atoms with Crippen molar-refractivity contribution in [1.82, 2.24) is 0 Å². The molecule has 0 N–H and O–H groups in total. The first-order valence-corrected chi connectivity index (χ1v) is 9.29. The lowest BCUT2D eigenvalue weighted by Crippen LogP contribution is -2.16. The maximum absolute atomic E-state index is 12.6. The van der Waals surface area contributed by atoms with Gasteiger partial charge in [0.05, 0.1) is 5.56 Å². The van der Waals surface area contributed by atoms with Gasteiger partial charge in [0.25, 0.3) is 0 Å². The number of hydrogen-bond donors (Lipinski definition) is 0. The van der Waals surface area contributed by atoms with Crippen molar-refractivity contribution in [3.05, 3.63) is 33.8 Å². The Morgan fingerprint density at radius 1 is 1.18 bits per heavy atom. The molecule has 1 aromatic rings. The molecule has 0 amide bonds. The zero-order valence-corrected chi connectivity index (χ0v) is 12.3. The molecule has 0 aliphatic carbocycles. The van der Waals surface area contributed by atoms with Crippen LogP contribution in [0.2, 0.25) is 19.6 Å². The van der Waals surface area contributed by atoms with Gasteiger partial charge in [-0.15, -0.1) is 5.54 Å². The standard InChI is InChI=1S/C12H12BrF3Si/c1-17(2,3)7-6-9-4-5-11(13)10(8-9)12(14,15)16/h4-5,8H,1-3H3. The van der Waals surface area contributed by atoms with Crippen molar-refractivity contribution in [2.45, 2.75) is 25.8 Å². The fourth-order valence-electron chi connectivity index (χ4n) is 1.08. The number of rotatable bonds is 0. The van der Waals surface area contributed by atoms with Crippen molar-refractivity contribution in [2.75, 3.05) is 0 Å². The van der Waals surface area contributed by atoms with Crippen LogP contribution in [0.4, 0.5) is 13.2 Å². The van der Waals surface area contributed by atoms with Crippen LogP contribution in [0.5, 0.6) is 0 Å². The molecule has 17 heavy (non-hydrogen) atoms. The Kier molecular flexibility index (Phi) is 4.10. The average Bonchev–Trinajstić information content (AvgIpc) is 2.13. The molecule has 0 bridgehead atoms. The summed E-state index contributed by atoms with van der Waals surface area (Å²) in [5.74, 6) is 2.82. The topological polar surface area (TPSA) is 0 Å². The van der Waals surface area contributed by atoms with Gasteiger partial charge in [-0.05, 0) is 18.2 Å². The summed E-state index contributed by atoms with van der Waals surface area (Å²) in [6.07, 6.45) is -4.35. The van der Waals surface area contributed by atoms with Crippen molar-refractivity contribution < 1.29 is 13.2 Å². The molecule has 0 nitrogen and oxygen atoms in total. The van der Waals surface area contributed by atoms with E-state index in [1.54, 1.807) is 6.07 Å². The van der Waals surface area contributed by atoms with Crippen molar-refractivity contribution in [3.63, 3.8) is 0 Å². The van der Waals surface area contributed by atoms with Crippen LogP contribution in [0.1, 0.15) is 11.1 Å². The highest BCUT2D eigenvalue weighted by Gasteiger charge is 2.32. The summed E-state index contributed by atoms with van der Waals surface area (Å²) < 4.78 is 37.9. The van der Waals surface area contributed by atoms with Crippen molar-refractivity contribution >= 4 is 24.0 Å². The molecule has 1 aromatic carbocycles. The number of benzene rings is 1. The summed E-state index contributed by atoms with van der Waals surface area (Å²) >= 11 is 2.90. The van der Waals surface area contributed by atoms with Crippen LogP contribution in [0.15, 0.2) is 22.7 Å². The van der Waals surface area contributed by atoms with Gasteiger partial charge in [0, 0.05) is 10.0 Å². The van der Waals surface area contributed by atoms with E-state index in [1.807, 2.05) is 19.6 Å². The maximum atomic E-state index is 12.6. The van der Waals surface area contributed by atoms with Crippen LogP contribution >= 0.6 is 15.9 Å². The lowest BCUT2D eigenvalue weighted by Gasteiger charge is -2.09. The van der Waals surface area contributed by atoms with Gasteiger partial charge >= 0.3 is 6.18 Å². The van der Waals surface area contributed by atoms with Crippen LogP contribution in [0, 0.1) is 11.5 Å². The predicted molar refractivity (Wildman–Crippen MR) is 69.4 cm³/mol. The second-order valence-electron chi connectivity index (χ2n) is 4.69. The SMILES string of the molecule is C[Si](C)(C)C#Cc1ccc(Br)c(C(F)(F)F)c1. The Balaban J connectivity index is 3.17. The zero-order valence-electron chi connectivity index (χ0n) is 9.74. The first-order chi connectivity index (χ1) is 7.59. The molecule has 0 fully saturated rings. The van der Waals surface area contributed by atoms with E-state index in [9.17, 15) is 13.2 Å². The van der Waals surface area contributed by atoms with Gasteiger partial charge in [0.15, 0.2) is 0 Å². The minimum absolute atomic E-state index is 0.0450. The molecule has 0 aliphatic rings. The Labute approximate surface area is 108 Å². The second kappa shape index (κ2) is 4.87. The van der Waals surface area contributed by atoms with Gasteiger partial charge in [-0.2, -0.15) is 13.2 Å². The molecule has 0 aliphatic heterocycles. The van der Waals surface area contributed by atoms with E-state index >= 15 is 0 Å². The molecule has 0 saturated heterocycles. The molecule has 5 heteroatoms. The molecule has 0 heterocycles. The fraction of sp³-hybridized carbons (Fsp3) is 0.333. The van der Waals surface area contributed by atoms with Crippen LogP contribution in [-0.2, 0) is 6.18 Å². The minimum atomic E-state index is -4.35. The smallest absolute Gasteiger partial charge is 0.166 e. The highest BCUT2D eigenvalue weighted by Crippen LogP contribution is 2.35. The Bertz CT molecular complexity index is 475. The molecule has 0 spiro atoms. The monoisotopic (exact) mass is 320 g/mol. The first kappa shape index (κ1) is 14.3. The van der Waals surface area contributed by atoms with Gasteiger partial charge in [0.1, 0.15) is 8.07 Å². The lowest BCUT2D eigenvalue weighted by molar-refractivity contribution is -0.138. The van der Waals surface area contributed by atoms with E-state index in [0.717, 1.165) is 6.07 Å². The van der Waals surface area contributed by atoms with Crippen LogP contribution in [0.25, 0.3) is 0 Å². The third-order valence-electron chi connectivity index (χ3n) is 1.85. The van der Waals surface area contributed by atoms with Gasteiger partial charge in [-0.1, -0.05) is 41.5 Å². The van der Waals surface area contributed by atoms with Crippen LogP contribution < -0.4 is 0 Å². The number of alkyl halides is 3. The molecular formula is C12H12BrF3Si. The highest BCUT2D eigenvalue weighted by atomic mass is 79.9. The van der Waals surface area contributed by atoms with E-state index in [2.05, 4.69) is 27.4 Å². The Morgan fingerprint density at radius 3 is 2.24 bits per heavy atom. The highest BCUT2D eigenvalue weighted by molar-refractivity contribution is 9.10. The molecule has 0 radical (unpaired) electrons. The molecule has 1 rings (SSSR count). The normalized spacial score (nSPS) is 11.9. The summed E-state index contributed by atoms with van der Waals surface area (Å²) in [4.78, 5) is 0. The average molecular weight is 321 g/mol. The summed E-state index contributed by atoms with van der Waals surface area (Å²) in [6, 6.07) is 4.06. The molecule has 92 valence electrons. The number of halogens is 4. The second-order valence-corrected chi connectivity index (χ2v) is 10.3. The fourth-order valence-corrected chi connectivity index (χ4v) is 2.07. The van der Waals surface area contributed by atoms with Crippen molar-refractivity contribution in [1.29, 1.82) is 0 Å². The summed E-state index contributed by atoms with van der Waals surface area (Å²) in [7, 11) is -1.57. The van der Waals surface area contributed by atoms with Gasteiger partial charge in [-0.25, -0.2) is 0 Å². The third-order valence-corrected chi connectivity index (χ3v) is 3.42. The summed E-state index contributed by atoms with van der Waals surface area (Å²) in [6.45, 7) is 6.14. The predicted octanol–water partition coefficient (Wildman–Crippen LogP) is 4.70. The Hall–Kier alpha value is -0.733. The van der Waals surface area contributed by atoms with E-state index < -0.39 is 19.8 Å². The van der Waals surface area contributed by atoms with Gasteiger partial charge in [-0.3, -0.25) is 0 Å². The quantitative estimate of drug-likeness (QED) is 0.480. The lowest BCUT2D eigenvalue weighted by atomic mass is 10.1. The zero-order chi connectivity index (χ0) is 13.3. The van der Waals surface area contributed by atoms with E-state index in [0.29, 0.717) is 5.56 Å².